The Labute approximate surface area is 169 Å². The van der Waals surface area contributed by atoms with Crippen molar-refractivity contribution in [3.63, 3.8) is 0 Å². The molecule has 0 saturated carbocycles. The van der Waals surface area contributed by atoms with Gasteiger partial charge in [-0.25, -0.2) is 4.98 Å². The number of hydrogen-bond acceptors (Lipinski definition) is 4. The lowest BCUT2D eigenvalue weighted by atomic mass is 10.1. The molecule has 1 saturated heterocycles. The van der Waals surface area contributed by atoms with Crippen LogP contribution in [0.3, 0.4) is 0 Å². The van der Waals surface area contributed by atoms with Crippen LogP contribution in [0.2, 0.25) is 0 Å². The van der Waals surface area contributed by atoms with Crippen molar-refractivity contribution in [2.24, 2.45) is 5.92 Å². The third-order valence-electron chi connectivity index (χ3n) is 4.99. The lowest BCUT2D eigenvalue weighted by Crippen LogP contribution is -2.57. The van der Waals surface area contributed by atoms with Crippen LogP contribution in [-0.2, 0) is 11.3 Å². The van der Waals surface area contributed by atoms with Crippen LogP contribution in [0.1, 0.15) is 29.8 Å². The molecule has 2 aromatic heterocycles. The average Bonchev–Trinajstić information content (AvgIpc) is 3.16. The maximum atomic E-state index is 12.4. The van der Waals surface area contributed by atoms with E-state index in [4.69, 9.17) is 4.74 Å². The molecule has 3 heterocycles. The van der Waals surface area contributed by atoms with Gasteiger partial charge >= 0.3 is 0 Å². The molecule has 3 aromatic rings. The molecular weight excluding hydrogens is 368 g/mol. The molecule has 0 radical (unpaired) electrons. The average molecular weight is 392 g/mol. The van der Waals surface area contributed by atoms with Crippen molar-refractivity contribution < 1.29 is 14.3 Å². The molecule has 1 aliphatic rings. The minimum atomic E-state index is -0.142. The number of likely N-dealkylation sites (tertiary alicyclic amines) is 1. The van der Waals surface area contributed by atoms with Gasteiger partial charge in [0.05, 0.1) is 13.1 Å². The summed E-state index contributed by atoms with van der Waals surface area (Å²) in [6.45, 7) is 5.45. The van der Waals surface area contributed by atoms with Gasteiger partial charge in [-0.15, -0.1) is 0 Å². The lowest BCUT2D eigenvalue weighted by molar-refractivity contribution is -0.143. The van der Waals surface area contributed by atoms with Crippen molar-refractivity contribution in [1.82, 2.24) is 19.6 Å². The monoisotopic (exact) mass is 392 g/mol. The summed E-state index contributed by atoms with van der Waals surface area (Å²) in [6, 6.07) is 11.0. The van der Waals surface area contributed by atoms with E-state index in [9.17, 15) is 9.59 Å². The predicted octanol–water partition coefficient (Wildman–Crippen LogP) is 2.51. The van der Waals surface area contributed by atoms with Gasteiger partial charge in [0, 0.05) is 36.6 Å². The third kappa shape index (κ3) is 4.23. The molecule has 0 unspecified atom stereocenters. The van der Waals surface area contributed by atoms with Gasteiger partial charge in [-0.05, 0) is 42.0 Å². The molecule has 0 atom stereocenters. The van der Waals surface area contributed by atoms with E-state index in [0.29, 0.717) is 30.9 Å². The van der Waals surface area contributed by atoms with Crippen molar-refractivity contribution in [3.8, 4) is 5.75 Å². The molecular formula is C22H24N4O3. The van der Waals surface area contributed by atoms with Crippen LogP contribution in [0.25, 0.3) is 5.65 Å². The fourth-order valence-corrected chi connectivity index (χ4v) is 3.28. The molecule has 2 amide bonds. The Kier molecular flexibility index (Phi) is 5.20. The number of pyridine rings is 1. The first-order valence-corrected chi connectivity index (χ1v) is 9.75. The lowest BCUT2D eigenvalue weighted by Gasteiger charge is -2.39. The first-order chi connectivity index (χ1) is 14.0. The SMILES string of the molecule is CC(C)C(=O)N1CC(Oc2ccc(C(=O)NCc3ccn4ccnc4c3)cc2)C1. The van der Waals surface area contributed by atoms with Crippen LogP contribution in [0, 0.1) is 5.92 Å². The molecule has 1 fully saturated rings. The summed E-state index contributed by atoms with van der Waals surface area (Å²) >= 11 is 0. The second-order valence-electron chi connectivity index (χ2n) is 7.57. The number of aromatic nitrogens is 2. The first-order valence-electron chi connectivity index (χ1n) is 9.75. The van der Waals surface area contributed by atoms with Crippen LogP contribution in [0.5, 0.6) is 5.75 Å². The topological polar surface area (TPSA) is 75.9 Å². The Balaban J connectivity index is 1.27. The minimum absolute atomic E-state index is 0.00922. The maximum Gasteiger partial charge on any atom is 0.251 e. The standard InChI is InChI=1S/C22H24N4O3/c1-15(2)22(28)26-13-19(14-26)29-18-5-3-17(4-6-18)21(27)24-12-16-7-9-25-10-8-23-20(25)11-16/h3-11,15,19H,12-14H2,1-2H3,(H,24,27). The molecule has 0 bridgehead atoms. The summed E-state index contributed by atoms with van der Waals surface area (Å²) in [6.07, 6.45) is 5.55. The van der Waals surface area contributed by atoms with Crippen LogP contribution >= 0.6 is 0 Å². The number of nitrogens with zero attached hydrogens (tertiary/aromatic N) is 3. The normalized spacial score (nSPS) is 14.1. The Hall–Kier alpha value is -3.35. The van der Waals surface area contributed by atoms with Gasteiger partial charge in [0.1, 0.15) is 17.5 Å². The van der Waals surface area contributed by atoms with Gasteiger partial charge in [0.25, 0.3) is 5.91 Å². The van der Waals surface area contributed by atoms with Gasteiger partial charge in [-0.3, -0.25) is 9.59 Å². The number of rotatable bonds is 6. The quantitative estimate of drug-likeness (QED) is 0.699. The molecule has 7 nitrogen and oxygen atoms in total. The summed E-state index contributed by atoms with van der Waals surface area (Å²) < 4.78 is 7.79. The largest absolute Gasteiger partial charge is 0.487 e. The zero-order valence-corrected chi connectivity index (χ0v) is 16.5. The Morgan fingerprint density at radius 3 is 2.66 bits per heavy atom. The summed E-state index contributed by atoms with van der Waals surface area (Å²) in [4.78, 5) is 30.3. The number of amides is 2. The predicted molar refractivity (Wildman–Crippen MR) is 109 cm³/mol. The van der Waals surface area contributed by atoms with Crippen molar-refractivity contribution in [2.45, 2.75) is 26.5 Å². The molecule has 1 aliphatic heterocycles. The van der Waals surface area contributed by atoms with Crippen LogP contribution in [0.15, 0.2) is 55.0 Å². The number of carbonyl (C=O) groups excluding carboxylic acids is 2. The number of ether oxygens (including phenoxy) is 1. The molecule has 29 heavy (non-hydrogen) atoms. The van der Waals surface area contributed by atoms with E-state index in [1.807, 2.05) is 42.8 Å². The smallest absolute Gasteiger partial charge is 0.251 e. The summed E-state index contributed by atoms with van der Waals surface area (Å²) in [7, 11) is 0. The first kappa shape index (κ1) is 19.0. The van der Waals surface area contributed by atoms with E-state index in [2.05, 4.69) is 10.3 Å². The van der Waals surface area contributed by atoms with Crippen molar-refractivity contribution >= 4 is 17.5 Å². The van der Waals surface area contributed by atoms with E-state index < -0.39 is 0 Å². The summed E-state index contributed by atoms with van der Waals surface area (Å²) in [5.41, 5.74) is 2.41. The summed E-state index contributed by atoms with van der Waals surface area (Å²) in [5.74, 6) is 0.726. The molecule has 1 aromatic carbocycles. The molecule has 7 heteroatoms. The number of hydrogen-bond donors (Lipinski definition) is 1. The van der Waals surface area contributed by atoms with Gasteiger partial charge < -0.3 is 19.4 Å². The highest BCUT2D eigenvalue weighted by molar-refractivity contribution is 5.94. The molecule has 4 rings (SSSR count). The fraction of sp³-hybridized carbons (Fsp3) is 0.318. The van der Waals surface area contributed by atoms with E-state index in [1.165, 1.54) is 0 Å². The van der Waals surface area contributed by atoms with Crippen LogP contribution in [0.4, 0.5) is 0 Å². The second-order valence-corrected chi connectivity index (χ2v) is 7.57. The Morgan fingerprint density at radius 1 is 1.17 bits per heavy atom. The zero-order valence-electron chi connectivity index (χ0n) is 16.5. The maximum absolute atomic E-state index is 12.4. The molecule has 1 N–H and O–H groups in total. The second kappa shape index (κ2) is 7.95. The number of fused-ring (bicyclic) bond motifs is 1. The van der Waals surface area contributed by atoms with Crippen molar-refractivity contribution in [2.75, 3.05) is 13.1 Å². The minimum Gasteiger partial charge on any atom is -0.487 e. The highest BCUT2D eigenvalue weighted by Crippen LogP contribution is 2.20. The molecule has 0 aliphatic carbocycles. The van der Waals surface area contributed by atoms with Crippen LogP contribution in [-0.4, -0.2) is 45.3 Å². The number of carbonyl (C=O) groups is 2. The van der Waals surface area contributed by atoms with E-state index in [-0.39, 0.29) is 23.8 Å². The zero-order chi connectivity index (χ0) is 20.4. The van der Waals surface area contributed by atoms with Crippen molar-refractivity contribution in [3.05, 3.63) is 66.1 Å². The highest BCUT2D eigenvalue weighted by atomic mass is 16.5. The Morgan fingerprint density at radius 2 is 1.93 bits per heavy atom. The van der Waals surface area contributed by atoms with Gasteiger partial charge in [-0.1, -0.05) is 13.8 Å². The van der Waals surface area contributed by atoms with Gasteiger partial charge in [-0.2, -0.15) is 0 Å². The number of benzene rings is 1. The fourth-order valence-electron chi connectivity index (χ4n) is 3.28. The number of imidazole rings is 1. The van der Waals surface area contributed by atoms with Crippen molar-refractivity contribution in [1.29, 1.82) is 0 Å². The van der Waals surface area contributed by atoms with Gasteiger partial charge in [0.2, 0.25) is 5.91 Å². The third-order valence-corrected chi connectivity index (χ3v) is 4.99. The van der Waals surface area contributed by atoms with E-state index >= 15 is 0 Å². The highest BCUT2D eigenvalue weighted by Gasteiger charge is 2.33. The number of nitrogens with one attached hydrogen (secondary N) is 1. The summed E-state index contributed by atoms with van der Waals surface area (Å²) in [5, 5.41) is 2.92. The van der Waals surface area contributed by atoms with E-state index in [1.54, 1.807) is 35.4 Å². The van der Waals surface area contributed by atoms with Gasteiger partial charge in [0.15, 0.2) is 0 Å². The molecule has 0 spiro atoms. The molecule has 150 valence electrons. The van der Waals surface area contributed by atoms with Crippen LogP contribution < -0.4 is 10.1 Å². The Bertz CT molecular complexity index is 1020. The van der Waals surface area contributed by atoms with E-state index in [0.717, 1.165) is 11.2 Å².